The van der Waals surface area contributed by atoms with Crippen LogP contribution in [0.3, 0.4) is 0 Å². The van der Waals surface area contributed by atoms with Crippen molar-refractivity contribution in [2.45, 2.75) is 32.0 Å². The Morgan fingerprint density at radius 3 is 2.51 bits per heavy atom. The van der Waals surface area contributed by atoms with E-state index in [2.05, 4.69) is 14.9 Å². The fourth-order valence-corrected chi connectivity index (χ4v) is 5.83. The summed E-state index contributed by atoms with van der Waals surface area (Å²) in [6.45, 7) is 3.22. The third-order valence-corrected chi connectivity index (χ3v) is 7.61. The summed E-state index contributed by atoms with van der Waals surface area (Å²) in [7, 11) is -3.40. The molecule has 2 saturated heterocycles. The van der Waals surface area contributed by atoms with E-state index < -0.39 is 33.7 Å². The molecule has 0 radical (unpaired) electrons. The highest BCUT2D eigenvalue weighted by Gasteiger charge is 2.41. The van der Waals surface area contributed by atoms with Crippen molar-refractivity contribution in [3.63, 3.8) is 0 Å². The fraction of sp³-hybridized carbons (Fsp3) is 0.400. The van der Waals surface area contributed by atoms with Gasteiger partial charge in [-0.25, -0.2) is 12.8 Å². The number of halogens is 1. The Labute approximate surface area is 214 Å². The highest BCUT2D eigenvalue weighted by Crippen LogP contribution is 2.35. The number of carbonyl (C=O) groups is 3. The molecule has 0 bridgehead atoms. The summed E-state index contributed by atoms with van der Waals surface area (Å²) in [5, 5.41) is 2.28. The number of hydrogen-bond donors (Lipinski definition) is 2. The third-order valence-electron chi connectivity index (χ3n) is 7.02. The lowest BCUT2D eigenvalue weighted by Crippen LogP contribution is -2.52. The van der Waals surface area contributed by atoms with Crippen LogP contribution in [0.1, 0.15) is 34.3 Å². The lowest BCUT2D eigenvalue weighted by Gasteiger charge is -2.37. The van der Waals surface area contributed by atoms with Gasteiger partial charge in [0.05, 0.1) is 11.9 Å². The second kappa shape index (κ2) is 9.75. The molecule has 12 heteroatoms. The molecule has 0 spiro atoms. The molecule has 3 aliphatic heterocycles. The van der Waals surface area contributed by atoms with Crippen molar-refractivity contribution in [3.8, 4) is 0 Å². The fourth-order valence-electron chi connectivity index (χ4n) is 5.23. The maximum Gasteiger partial charge on any atom is 0.255 e. The number of anilines is 2. The van der Waals surface area contributed by atoms with Crippen LogP contribution in [0.4, 0.5) is 15.8 Å². The highest BCUT2D eigenvalue weighted by molar-refractivity contribution is 7.92. The SMILES string of the molecule is CS(=O)(=O)Nc1ccccc1CN1CCN(c2cc(F)cc3c2CN(C2CCC(=O)NC2=O)C3=O)CC1. The van der Waals surface area contributed by atoms with Crippen LogP contribution in [0.15, 0.2) is 36.4 Å². The largest absolute Gasteiger partial charge is 0.369 e. The normalized spacial score (nSPS) is 20.7. The van der Waals surface area contributed by atoms with Gasteiger partial charge >= 0.3 is 0 Å². The van der Waals surface area contributed by atoms with E-state index in [0.717, 1.165) is 11.8 Å². The smallest absolute Gasteiger partial charge is 0.255 e. The summed E-state index contributed by atoms with van der Waals surface area (Å²) < 4.78 is 40.6. The number of rotatable bonds is 6. The number of carbonyl (C=O) groups excluding carboxylic acids is 3. The Morgan fingerprint density at radius 1 is 1.08 bits per heavy atom. The first-order valence-corrected chi connectivity index (χ1v) is 14.0. The Morgan fingerprint density at radius 2 is 1.81 bits per heavy atom. The van der Waals surface area contributed by atoms with E-state index in [1.165, 1.54) is 17.0 Å². The van der Waals surface area contributed by atoms with Gasteiger partial charge in [-0.1, -0.05) is 18.2 Å². The molecule has 1 atom stereocenters. The first-order chi connectivity index (χ1) is 17.6. The van der Waals surface area contributed by atoms with Gasteiger partial charge in [0.1, 0.15) is 11.9 Å². The van der Waals surface area contributed by atoms with E-state index in [9.17, 15) is 27.2 Å². The van der Waals surface area contributed by atoms with Gasteiger partial charge in [0.25, 0.3) is 5.91 Å². The maximum absolute atomic E-state index is 14.6. The van der Waals surface area contributed by atoms with Gasteiger partial charge in [-0.05, 0) is 30.2 Å². The van der Waals surface area contributed by atoms with Crippen LogP contribution in [0, 0.1) is 5.82 Å². The van der Waals surface area contributed by atoms with Gasteiger partial charge in [0.2, 0.25) is 21.8 Å². The van der Waals surface area contributed by atoms with Crippen LogP contribution in [0.2, 0.25) is 0 Å². The standard InChI is InChI=1S/C25H28FN5O5S/c1-37(35,36)28-20-5-3-2-4-16(20)14-29-8-10-30(11-9-29)22-13-17(26)12-18-19(22)15-31(25(18)34)21-6-7-23(32)27-24(21)33/h2-5,12-13,21,28H,6-11,14-15H2,1H3,(H,27,32,33). The Bertz CT molecular complexity index is 1370. The number of fused-ring (bicyclic) bond motifs is 1. The van der Waals surface area contributed by atoms with Gasteiger partial charge in [-0.15, -0.1) is 0 Å². The minimum Gasteiger partial charge on any atom is -0.369 e. The number of para-hydroxylation sites is 1. The number of benzene rings is 2. The van der Waals surface area contributed by atoms with Crippen molar-refractivity contribution in [1.29, 1.82) is 0 Å². The number of nitrogens with zero attached hydrogens (tertiary/aromatic N) is 3. The van der Waals surface area contributed by atoms with E-state index in [1.807, 2.05) is 17.0 Å². The summed E-state index contributed by atoms with van der Waals surface area (Å²) in [5.41, 5.74) is 2.98. The number of sulfonamides is 1. The lowest BCUT2D eigenvalue weighted by atomic mass is 10.0. The average molecular weight is 530 g/mol. The molecule has 0 aromatic heterocycles. The van der Waals surface area contributed by atoms with Gasteiger partial charge in [-0.3, -0.25) is 29.3 Å². The van der Waals surface area contributed by atoms with Crippen LogP contribution in [0.25, 0.3) is 0 Å². The molecule has 3 amide bonds. The maximum atomic E-state index is 14.6. The lowest BCUT2D eigenvalue weighted by molar-refractivity contribution is -0.136. The van der Waals surface area contributed by atoms with Crippen LogP contribution >= 0.6 is 0 Å². The first kappa shape index (κ1) is 25.2. The van der Waals surface area contributed by atoms with Crippen LogP contribution in [-0.2, 0) is 32.7 Å². The molecule has 2 aromatic carbocycles. The zero-order valence-corrected chi connectivity index (χ0v) is 21.2. The first-order valence-electron chi connectivity index (χ1n) is 12.1. The molecule has 37 heavy (non-hydrogen) atoms. The van der Waals surface area contributed by atoms with Gasteiger partial charge in [0, 0.05) is 62.5 Å². The van der Waals surface area contributed by atoms with Crippen molar-refractivity contribution < 1.29 is 27.2 Å². The molecule has 3 aliphatic rings. The van der Waals surface area contributed by atoms with Crippen molar-refractivity contribution in [1.82, 2.24) is 15.1 Å². The molecule has 0 aliphatic carbocycles. The van der Waals surface area contributed by atoms with Crippen LogP contribution < -0.4 is 14.9 Å². The van der Waals surface area contributed by atoms with Crippen molar-refractivity contribution >= 4 is 39.1 Å². The van der Waals surface area contributed by atoms with Crippen molar-refractivity contribution in [2.75, 3.05) is 42.1 Å². The zero-order chi connectivity index (χ0) is 26.3. The number of hydrogen-bond acceptors (Lipinski definition) is 7. The molecule has 2 N–H and O–H groups in total. The molecule has 2 aromatic rings. The second-order valence-corrected chi connectivity index (χ2v) is 11.4. The molecule has 0 saturated carbocycles. The van der Waals surface area contributed by atoms with Gasteiger partial charge < -0.3 is 9.80 Å². The van der Waals surface area contributed by atoms with E-state index in [0.29, 0.717) is 49.7 Å². The quantitative estimate of drug-likeness (QED) is 0.541. The molecule has 3 heterocycles. The molecule has 196 valence electrons. The summed E-state index contributed by atoms with van der Waals surface area (Å²) in [5.74, 6) is -1.78. The zero-order valence-electron chi connectivity index (χ0n) is 20.4. The van der Waals surface area contributed by atoms with Gasteiger partial charge in [-0.2, -0.15) is 0 Å². The number of amides is 3. The van der Waals surface area contributed by atoms with Crippen LogP contribution in [-0.4, -0.2) is 74.4 Å². The molecule has 10 nitrogen and oxygen atoms in total. The van der Waals surface area contributed by atoms with E-state index >= 15 is 0 Å². The number of piperazine rings is 1. The monoisotopic (exact) mass is 529 g/mol. The van der Waals surface area contributed by atoms with E-state index in [1.54, 1.807) is 12.1 Å². The highest BCUT2D eigenvalue weighted by atomic mass is 32.2. The molecule has 1 unspecified atom stereocenters. The van der Waals surface area contributed by atoms with E-state index in [4.69, 9.17) is 0 Å². The minimum absolute atomic E-state index is 0.155. The summed E-state index contributed by atoms with van der Waals surface area (Å²) in [6, 6.07) is 9.14. The summed E-state index contributed by atoms with van der Waals surface area (Å²) in [6.07, 6.45) is 1.52. The Balaban J connectivity index is 1.30. The van der Waals surface area contributed by atoms with Crippen LogP contribution in [0.5, 0.6) is 0 Å². The molecule has 5 rings (SSSR count). The second-order valence-electron chi connectivity index (χ2n) is 9.65. The summed E-state index contributed by atoms with van der Waals surface area (Å²) >= 11 is 0. The Hall–Kier alpha value is -3.51. The number of piperidine rings is 1. The van der Waals surface area contributed by atoms with E-state index in [-0.39, 0.29) is 30.9 Å². The molecular formula is C25H28FN5O5S. The number of imide groups is 1. The Kier molecular flexibility index (Phi) is 6.63. The van der Waals surface area contributed by atoms with Gasteiger partial charge in [0.15, 0.2) is 0 Å². The van der Waals surface area contributed by atoms with Crippen molar-refractivity contribution in [2.24, 2.45) is 0 Å². The average Bonchev–Trinajstić information content (AvgIpc) is 3.15. The topological polar surface area (TPSA) is 119 Å². The molecule has 2 fully saturated rings. The predicted octanol–water partition coefficient (Wildman–Crippen LogP) is 1.28. The minimum atomic E-state index is -3.40. The number of nitrogens with one attached hydrogen (secondary N) is 2. The van der Waals surface area contributed by atoms with Crippen molar-refractivity contribution in [3.05, 3.63) is 58.9 Å². The third kappa shape index (κ3) is 5.30. The molecular weight excluding hydrogens is 501 g/mol. The summed E-state index contributed by atoms with van der Waals surface area (Å²) in [4.78, 5) is 42.7. The predicted molar refractivity (Wildman–Crippen MR) is 135 cm³/mol.